The molecule has 2 rings (SSSR count). The van der Waals surface area contributed by atoms with Crippen molar-refractivity contribution in [2.75, 3.05) is 7.11 Å². The molecule has 110 valence electrons. The normalized spacial score (nSPS) is 10.3. The lowest BCUT2D eigenvalue weighted by Crippen LogP contribution is -2.23. The van der Waals surface area contributed by atoms with Crippen LogP contribution in [0.15, 0.2) is 36.4 Å². The van der Waals surface area contributed by atoms with E-state index in [0.29, 0.717) is 11.1 Å². The van der Waals surface area contributed by atoms with Crippen LogP contribution >= 0.6 is 0 Å². The van der Waals surface area contributed by atoms with Crippen LogP contribution in [-0.4, -0.2) is 13.0 Å². The van der Waals surface area contributed by atoms with E-state index in [1.54, 1.807) is 19.1 Å². The Morgan fingerprint density at radius 1 is 1.19 bits per heavy atom. The Morgan fingerprint density at radius 2 is 1.95 bits per heavy atom. The zero-order valence-corrected chi connectivity index (χ0v) is 11.7. The first-order valence-corrected chi connectivity index (χ1v) is 6.38. The molecule has 0 aliphatic heterocycles. The number of benzene rings is 2. The second-order valence-electron chi connectivity index (χ2n) is 4.61. The van der Waals surface area contributed by atoms with Crippen LogP contribution in [0.5, 0.6) is 5.75 Å². The van der Waals surface area contributed by atoms with Crippen molar-refractivity contribution >= 4 is 5.91 Å². The summed E-state index contributed by atoms with van der Waals surface area (Å²) in [5.41, 5.74) is 1.27. The lowest BCUT2D eigenvalue weighted by Gasteiger charge is -2.10. The highest BCUT2D eigenvalue weighted by molar-refractivity contribution is 5.96. The van der Waals surface area contributed by atoms with Crippen molar-refractivity contribution in [3.63, 3.8) is 0 Å². The summed E-state index contributed by atoms with van der Waals surface area (Å²) in [5, 5.41) is 2.61. The van der Waals surface area contributed by atoms with Crippen LogP contribution in [0.2, 0.25) is 0 Å². The number of rotatable bonds is 4. The molecule has 2 aromatic carbocycles. The third-order valence-corrected chi connectivity index (χ3v) is 3.10. The van der Waals surface area contributed by atoms with E-state index in [4.69, 9.17) is 4.74 Å². The Kier molecular flexibility index (Phi) is 4.52. The molecule has 0 unspecified atom stereocenters. The van der Waals surface area contributed by atoms with Crippen LogP contribution < -0.4 is 10.1 Å². The van der Waals surface area contributed by atoms with Gasteiger partial charge in [-0.15, -0.1) is 0 Å². The highest BCUT2D eigenvalue weighted by atomic mass is 19.1. The third kappa shape index (κ3) is 3.56. The van der Waals surface area contributed by atoms with Gasteiger partial charge >= 0.3 is 0 Å². The van der Waals surface area contributed by atoms with Gasteiger partial charge in [-0.3, -0.25) is 4.79 Å². The maximum atomic E-state index is 13.4. The minimum absolute atomic E-state index is 0.102. The number of ether oxygens (including phenoxy) is 1. The van der Waals surface area contributed by atoms with Crippen molar-refractivity contribution in [1.29, 1.82) is 0 Å². The standard InChI is InChI=1S/C16H15F2NO2/c1-10-3-4-11(7-14(10)18)9-19-16(20)13-8-12(17)5-6-15(13)21-2/h3-8H,9H2,1-2H3,(H,19,20). The summed E-state index contributed by atoms with van der Waals surface area (Å²) in [5.74, 6) is -1.05. The fourth-order valence-electron chi connectivity index (χ4n) is 1.88. The van der Waals surface area contributed by atoms with Gasteiger partial charge in [-0.2, -0.15) is 0 Å². The number of nitrogens with one attached hydrogen (secondary N) is 1. The highest BCUT2D eigenvalue weighted by Gasteiger charge is 2.13. The molecule has 21 heavy (non-hydrogen) atoms. The Balaban J connectivity index is 2.11. The van der Waals surface area contributed by atoms with Crippen LogP contribution in [-0.2, 0) is 6.54 Å². The molecule has 0 bridgehead atoms. The summed E-state index contributed by atoms with van der Waals surface area (Å²) < 4.78 is 31.7. The average molecular weight is 291 g/mol. The number of methoxy groups -OCH3 is 1. The highest BCUT2D eigenvalue weighted by Crippen LogP contribution is 2.19. The van der Waals surface area contributed by atoms with E-state index in [2.05, 4.69) is 5.32 Å². The molecular formula is C16H15F2NO2. The summed E-state index contributed by atoms with van der Waals surface area (Å²) in [7, 11) is 1.40. The van der Waals surface area contributed by atoms with E-state index in [1.165, 1.54) is 25.3 Å². The molecule has 0 fully saturated rings. The summed E-state index contributed by atoms with van der Waals surface area (Å²) in [4.78, 5) is 12.1. The summed E-state index contributed by atoms with van der Waals surface area (Å²) >= 11 is 0. The van der Waals surface area contributed by atoms with Gasteiger partial charge in [0.15, 0.2) is 0 Å². The second kappa shape index (κ2) is 6.35. The van der Waals surface area contributed by atoms with Gasteiger partial charge in [-0.25, -0.2) is 8.78 Å². The molecule has 0 aliphatic carbocycles. The summed E-state index contributed by atoms with van der Waals surface area (Å²) in [6, 6.07) is 8.42. The van der Waals surface area contributed by atoms with E-state index in [1.807, 2.05) is 0 Å². The van der Waals surface area contributed by atoms with Crippen molar-refractivity contribution in [3.05, 3.63) is 64.7 Å². The molecule has 0 saturated carbocycles. The minimum atomic E-state index is -0.526. The van der Waals surface area contributed by atoms with Crippen LogP contribution in [0.1, 0.15) is 21.5 Å². The molecule has 0 radical (unpaired) electrons. The smallest absolute Gasteiger partial charge is 0.255 e. The molecule has 0 heterocycles. The Hall–Kier alpha value is -2.43. The van der Waals surface area contributed by atoms with Gasteiger partial charge in [-0.05, 0) is 42.3 Å². The number of hydrogen-bond donors (Lipinski definition) is 1. The molecule has 0 aromatic heterocycles. The van der Waals surface area contributed by atoms with Crippen molar-refractivity contribution < 1.29 is 18.3 Å². The maximum Gasteiger partial charge on any atom is 0.255 e. The zero-order valence-electron chi connectivity index (χ0n) is 11.7. The van der Waals surface area contributed by atoms with Crippen molar-refractivity contribution in [2.24, 2.45) is 0 Å². The fourth-order valence-corrected chi connectivity index (χ4v) is 1.88. The van der Waals surface area contributed by atoms with Gasteiger partial charge in [0.25, 0.3) is 5.91 Å². The molecule has 0 spiro atoms. The number of halogens is 2. The van der Waals surface area contributed by atoms with E-state index in [0.717, 1.165) is 6.07 Å². The zero-order chi connectivity index (χ0) is 15.4. The quantitative estimate of drug-likeness (QED) is 0.939. The van der Waals surface area contributed by atoms with Gasteiger partial charge in [-0.1, -0.05) is 12.1 Å². The molecule has 0 aliphatic rings. The number of carbonyl (C=O) groups excluding carboxylic acids is 1. The molecule has 0 atom stereocenters. The molecule has 0 saturated heterocycles. The number of amides is 1. The number of aryl methyl sites for hydroxylation is 1. The Bertz CT molecular complexity index is 671. The maximum absolute atomic E-state index is 13.4. The first-order chi connectivity index (χ1) is 10.0. The van der Waals surface area contributed by atoms with E-state index in [9.17, 15) is 13.6 Å². The molecule has 1 amide bonds. The van der Waals surface area contributed by atoms with E-state index < -0.39 is 11.7 Å². The topological polar surface area (TPSA) is 38.3 Å². The number of carbonyl (C=O) groups is 1. The second-order valence-corrected chi connectivity index (χ2v) is 4.61. The van der Waals surface area contributed by atoms with Gasteiger partial charge in [0, 0.05) is 6.54 Å². The lowest BCUT2D eigenvalue weighted by atomic mass is 10.1. The van der Waals surface area contributed by atoms with Crippen molar-refractivity contribution in [3.8, 4) is 5.75 Å². The number of hydrogen-bond acceptors (Lipinski definition) is 2. The predicted octanol–water partition coefficient (Wildman–Crippen LogP) is 3.21. The van der Waals surface area contributed by atoms with Crippen LogP contribution in [0.25, 0.3) is 0 Å². The molecule has 5 heteroatoms. The monoisotopic (exact) mass is 291 g/mol. The Labute approximate surface area is 121 Å². The lowest BCUT2D eigenvalue weighted by molar-refractivity contribution is 0.0947. The van der Waals surface area contributed by atoms with E-state index in [-0.39, 0.29) is 23.7 Å². The SMILES string of the molecule is COc1ccc(F)cc1C(=O)NCc1ccc(C)c(F)c1. The molecule has 3 nitrogen and oxygen atoms in total. The van der Waals surface area contributed by atoms with Gasteiger partial charge in [0.1, 0.15) is 17.4 Å². The van der Waals surface area contributed by atoms with Crippen LogP contribution in [0, 0.1) is 18.6 Å². The van der Waals surface area contributed by atoms with Crippen LogP contribution in [0.4, 0.5) is 8.78 Å². The molecule has 2 aromatic rings. The van der Waals surface area contributed by atoms with Crippen LogP contribution in [0.3, 0.4) is 0 Å². The van der Waals surface area contributed by atoms with Gasteiger partial charge in [0.05, 0.1) is 12.7 Å². The average Bonchev–Trinajstić information content (AvgIpc) is 2.48. The predicted molar refractivity (Wildman–Crippen MR) is 75.3 cm³/mol. The largest absolute Gasteiger partial charge is 0.496 e. The van der Waals surface area contributed by atoms with E-state index >= 15 is 0 Å². The summed E-state index contributed by atoms with van der Waals surface area (Å²) in [6.07, 6.45) is 0. The molecular weight excluding hydrogens is 276 g/mol. The first-order valence-electron chi connectivity index (χ1n) is 6.38. The van der Waals surface area contributed by atoms with Crippen molar-refractivity contribution in [2.45, 2.75) is 13.5 Å². The molecule has 1 N–H and O–H groups in total. The summed E-state index contributed by atoms with van der Waals surface area (Å²) in [6.45, 7) is 1.81. The fraction of sp³-hybridized carbons (Fsp3) is 0.188. The minimum Gasteiger partial charge on any atom is -0.496 e. The Morgan fingerprint density at radius 3 is 2.62 bits per heavy atom. The third-order valence-electron chi connectivity index (χ3n) is 3.10. The first kappa shape index (κ1) is 15.0. The van der Waals surface area contributed by atoms with Gasteiger partial charge in [0.2, 0.25) is 0 Å². The van der Waals surface area contributed by atoms with Gasteiger partial charge < -0.3 is 10.1 Å². The van der Waals surface area contributed by atoms with Crippen molar-refractivity contribution in [1.82, 2.24) is 5.32 Å².